The largest absolute Gasteiger partial charge is 0.474 e. The minimum Gasteiger partial charge on any atom is -0.474 e. The highest BCUT2D eigenvalue weighted by molar-refractivity contribution is 7.89. The van der Waals surface area contributed by atoms with Crippen molar-refractivity contribution in [1.82, 2.24) is 9.71 Å². The van der Waals surface area contributed by atoms with Gasteiger partial charge in [-0.25, -0.2) is 18.1 Å². The van der Waals surface area contributed by atoms with Crippen LogP contribution in [0.2, 0.25) is 5.02 Å². The first-order chi connectivity index (χ1) is 12.5. The quantitative estimate of drug-likeness (QED) is 0.804. The molecule has 1 aliphatic carbocycles. The number of nitrogens with zero attached hydrogens (tertiary/aromatic N) is 1. The Hall–Kier alpha value is -1.63. The molecule has 3 rings (SSSR count). The number of aromatic nitrogens is 1. The summed E-state index contributed by atoms with van der Waals surface area (Å²) < 4.78 is 33.8. The molecule has 26 heavy (non-hydrogen) atoms. The Morgan fingerprint density at radius 3 is 2.38 bits per heavy atom. The van der Waals surface area contributed by atoms with Crippen molar-refractivity contribution < 1.29 is 13.2 Å². The Morgan fingerprint density at radius 2 is 1.81 bits per heavy atom. The van der Waals surface area contributed by atoms with Gasteiger partial charge in [0.25, 0.3) is 0 Å². The van der Waals surface area contributed by atoms with Gasteiger partial charge >= 0.3 is 0 Å². The fourth-order valence-corrected chi connectivity index (χ4v) is 4.51. The molecule has 2 aromatic rings. The van der Waals surface area contributed by atoms with Crippen LogP contribution in [0, 0.1) is 0 Å². The van der Waals surface area contributed by atoms with E-state index in [4.69, 9.17) is 16.3 Å². The van der Waals surface area contributed by atoms with Gasteiger partial charge in [-0.15, -0.1) is 0 Å². The van der Waals surface area contributed by atoms with Crippen LogP contribution in [-0.4, -0.2) is 25.5 Å². The lowest BCUT2D eigenvalue weighted by Crippen LogP contribution is -2.39. The molecule has 0 aliphatic heterocycles. The van der Waals surface area contributed by atoms with E-state index in [-0.39, 0.29) is 12.1 Å². The van der Waals surface area contributed by atoms with Crippen molar-refractivity contribution in [1.29, 1.82) is 0 Å². The molecule has 1 fully saturated rings. The number of hydrogen-bond donors (Lipinski definition) is 1. The zero-order chi connectivity index (χ0) is 18.6. The summed E-state index contributed by atoms with van der Waals surface area (Å²) in [5, 5.41) is 0.572. The first-order valence-corrected chi connectivity index (χ1v) is 10.7. The molecule has 0 atom stereocenters. The Labute approximate surface area is 159 Å². The van der Waals surface area contributed by atoms with E-state index in [1.807, 2.05) is 19.1 Å². The van der Waals surface area contributed by atoms with E-state index in [1.165, 1.54) is 0 Å². The van der Waals surface area contributed by atoms with Crippen molar-refractivity contribution in [2.24, 2.45) is 0 Å². The van der Waals surface area contributed by atoms with Gasteiger partial charge in [0.05, 0.1) is 9.92 Å². The van der Waals surface area contributed by atoms with E-state index in [0.29, 0.717) is 15.8 Å². The average molecular weight is 395 g/mol. The molecule has 5 nitrogen and oxygen atoms in total. The van der Waals surface area contributed by atoms with Crippen LogP contribution >= 0.6 is 11.6 Å². The maximum atomic E-state index is 12.5. The van der Waals surface area contributed by atoms with Gasteiger partial charge in [-0.05, 0) is 55.9 Å². The van der Waals surface area contributed by atoms with Gasteiger partial charge < -0.3 is 4.74 Å². The van der Waals surface area contributed by atoms with Gasteiger partial charge in [-0.2, -0.15) is 0 Å². The Balaban J connectivity index is 1.53. The summed E-state index contributed by atoms with van der Waals surface area (Å²) in [6, 6.07) is 10.5. The number of aryl methyl sites for hydroxylation is 1. The van der Waals surface area contributed by atoms with Crippen molar-refractivity contribution >= 4 is 21.6 Å². The van der Waals surface area contributed by atoms with Crippen LogP contribution in [0.1, 0.15) is 38.2 Å². The molecule has 7 heteroatoms. The number of benzene rings is 1. The van der Waals surface area contributed by atoms with Crippen LogP contribution in [0.4, 0.5) is 0 Å². The summed E-state index contributed by atoms with van der Waals surface area (Å²) >= 11 is 5.82. The summed E-state index contributed by atoms with van der Waals surface area (Å²) in [5.41, 5.74) is 1.12. The van der Waals surface area contributed by atoms with E-state index < -0.39 is 10.0 Å². The predicted octanol–water partition coefficient (Wildman–Crippen LogP) is 3.97. The zero-order valence-corrected chi connectivity index (χ0v) is 16.3. The monoisotopic (exact) mass is 394 g/mol. The van der Waals surface area contributed by atoms with Crippen LogP contribution in [0.15, 0.2) is 47.5 Å². The number of rotatable bonds is 6. The second kappa shape index (κ2) is 8.37. The lowest BCUT2D eigenvalue weighted by molar-refractivity contribution is 0.138. The molecule has 1 aliphatic rings. The van der Waals surface area contributed by atoms with Crippen LogP contribution in [0.5, 0.6) is 5.88 Å². The van der Waals surface area contributed by atoms with E-state index in [1.54, 1.807) is 30.5 Å². The van der Waals surface area contributed by atoms with Gasteiger partial charge in [-0.3, -0.25) is 0 Å². The number of sulfonamides is 1. The molecule has 0 saturated heterocycles. The molecule has 0 spiro atoms. The highest BCUT2D eigenvalue weighted by Crippen LogP contribution is 2.24. The molecular weight excluding hydrogens is 372 g/mol. The number of ether oxygens (including phenoxy) is 1. The highest BCUT2D eigenvalue weighted by Gasteiger charge is 2.26. The second-order valence-electron chi connectivity index (χ2n) is 6.52. The minimum absolute atomic E-state index is 0.0493. The van der Waals surface area contributed by atoms with Gasteiger partial charge in [-0.1, -0.05) is 30.7 Å². The summed E-state index contributed by atoms with van der Waals surface area (Å²) in [7, 11) is -3.48. The van der Waals surface area contributed by atoms with Crippen LogP contribution in [0.25, 0.3) is 0 Å². The predicted molar refractivity (Wildman–Crippen MR) is 102 cm³/mol. The molecule has 0 amide bonds. The van der Waals surface area contributed by atoms with Crippen molar-refractivity contribution in [3.05, 3.63) is 53.2 Å². The fraction of sp³-hybridized carbons (Fsp3) is 0.421. The molecule has 0 radical (unpaired) electrons. The normalized spacial score (nSPS) is 20.7. The lowest BCUT2D eigenvalue weighted by atomic mass is 9.94. The molecule has 1 heterocycles. The summed E-state index contributed by atoms with van der Waals surface area (Å²) in [4.78, 5) is 4.46. The van der Waals surface area contributed by atoms with Gasteiger partial charge in [0, 0.05) is 18.3 Å². The zero-order valence-electron chi connectivity index (χ0n) is 14.7. The molecule has 1 N–H and O–H groups in total. The van der Waals surface area contributed by atoms with E-state index in [0.717, 1.165) is 37.7 Å². The SMILES string of the molecule is CCc1ccc(S(=O)(=O)NC2CCC(Oc3ccc(Cl)cn3)CC2)cc1. The maximum absolute atomic E-state index is 12.5. The smallest absolute Gasteiger partial charge is 0.240 e. The number of halogens is 1. The molecule has 0 bridgehead atoms. The summed E-state index contributed by atoms with van der Waals surface area (Å²) in [5.74, 6) is 0.550. The van der Waals surface area contributed by atoms with Crippen LogP contribution < -0.4 is 9.46 Å². The van der Waals surface area contributed by atoms with Crippen molar-refractivity contribution in [3.8, 4) is 5.88 Å². The molecule has 0 unspecified atom stereocenters. The topological polar surface area (TPSA) is 68.3 Å². The van der Waals surface area contributed by atoms with Crippen LogP contribution in [-0.2, 0) is 16.4 Å². The van der Waals surface area contributed by atoms with Crippen molar-refractivity contribution in [3.63, 3.8) is 0 Å². The fourth-order valence-electron chi connectivity index (χ4n) is 3.09. The first kappa shape index (κ1) is 19.1. The number of pyridine rings is 1. The van der Waals surface area contributed by atoms with Crippen LogP contribution in [0.3, 0.4) is 0 Å². The maximum Gasteiger partial charge on any atom is 0.240 e. The standard InChI is InChI=1S/C19H23ClN2O3S/c1-2-14-3-10-18(11-4-14)26(23,24)22-16-6-8-17(9-7-16)25-19-12-5-15(20)13-21-19/h3-5,10-13,16-17,22H,2,6-9H2,1H3. The van der Waals surface area contributed by atoms with E-state index in [9.17, 15) is 8.42 Å². The van der Waals surface area contributed by atoms with Crippen molar-refractivity contribution in [2.75, 3.05) is 0 Å². The Kier molecular flexibility index (Phi) is 6.16. The van der Waals surface area contributed by atoms with Crippen molar-refractivity contribution in [2.45, 2.75) is 56.1 Å². The number of hydrogen-bond acceptors (Lipinski definition) is 4. The van der Waals surface area contributed by atoms with Gasteiger partial charge in [0.2, 0.25) is 15.9 Å². The third kappa shape index (κ3) is 4.96. The number of nitrogens with one attached hydrogen (secondary N) is 1. The average Bonchev–Trinajstić information content (AvgIpc) is 2.65. The first-order valence-electron chi connectivity index (χ1n) is 8.86. The third-order valence-electron chi connectivity index (χ3n) is 4.63. The van der Waals surface area contributed by atoms with Gasteiger partial charge in [0.15, 0.2) is 0 Å². The molecule has 1 aromatic heterocycles. The van der Waals surface area contributed by atoms with Gasteiger partial charge in [0.1, 0.15) is 6.10 Å². The Morgan fingerprint density at radius 1 is 1.12 bits per heavy atom. The third-order valence-corrected chi connectivity index (χ3v) is 6.39. The molecule has 1 aromatic carbocycles. The minimum atomic E-state index is -3.48. The molecule has 1 saturated carbocycles. The summed E-state index contributed by atoms with van der Waals surface area (Å²) in [6.45, 7) is 2.04. The second-order valence-corrected chi connectivity index (χ2v) is 8.68. The van der Waals surface area contributed by atoms with E-state index >= 15 is 0 Å². The Bertz CT molecular complexity index is 815. The molecule has 140 valence electrons. The molecular formula is C19H23ClN2O3S. The highest BCUT2D eigenvalue weighted by atomic mass is 35.5. The summed E-state index contributed by atoms with van der Waals surface area (Å²) in [6.07, 6.45) is 5.54. The van der Waals surface area contributed by atoms with E-state index in [2.05, 4.69) is 9.71 Å². The lowest BCUT2D eigenvalue weighted by Gasteiger charge is -2.29.